The van der Waals surface area contributed by atoms with Gasteiger partial charge in [-0.05, 0) is 22.4 Å². The number of nitro benzene ring substituents is 1. The van der Waals surface area contributed by atoms with Crippen LogP contribution in [0.5, 0.6) is 0 Å². The van der Waals surface area contributed by atoms with Gasteiger partial charge in [0.1, 0.15) is 5.52 Å². The fourth-order valence-electron chi connectivity index (χ4n) is 2.47. The van der Waals surface area contributed by atoms with Crippen molar-refractivity contribution in [2.75, 3.05) is 0 Å². The molecule has 0 aliphatic rings. The molecule has 1 atom stereocenters. The van der Waals surface area contributed by atoms with Crippen molar-refractivity contribution in [1.82, 2.24) is 15.3 Å². The maximum absolute atomic E-state index is 13.0. The van der Waals surface area contributed by atoms with Gasteiger partial charge in [-0.2, -0.15) is 0 Å². The summed E-state index contributed by atoms with van der Waals surface area (Å²) in [7, 11) is 0. The predicted octanol–water partition coefficient (Wildman–Crippen LogP) is 2.85. The summed E-state index contributed by atoms with van der Waals surface area (Å²) in [5.74, 6) is 0. The molecule has 0 radical (unpaired) electrons. The van der Waals surface area contributed by atoms with E-state index < -0.39 is 16.1 Å². The van der Waals surface area contributed by atoms with Crippen LogP contribution in [0.4, 0.5) is 5.69 Å². The molecule has 118 valence electrons. The first-order valence-corrected chi connectivity index (χ1v) is 7.97. The summed E-state index contributed by atoms with van der Waals surface area (Å²) in [5, 5.41) is 19.1. The van der Waals surface area contributed by atoms with E-state index in [4.69, 9.17) is 0 Å². The van der Waals surface area contributed by atoms with E-state index in [-0.39, 0.29) is 21.6 Å². The van der Waals surface area contributed by atoms with E-state index in [1.165, 1.54) is 12.1 Å². The summed E-state index contributed by atoms with van der Waals surface area (Å²) in [4.78, 5) is 15.5. The molecule has 8 nitrogen and oxygen atoms in total. The molecule has 0 aliphatic carbocycles. The SMILES string of the molecule is O=[N+]([O-])c1ccc([S+]([O-])c2cccc3cccnc23)c2nonc12. The van der Waals surface area contributed by atoms with Gasteiger partial charge in [0.25, 0.3) is 0 Å². The first-order valence-electron chi connectivity index (χ1n) is 6.82. The zero-order valence-electron chi connectivity index (χ0n) is 11.9. The number of pyridine rings is 1. The predicted molar refractivity (Wildman–Crippen MR) is 84.9 cm³/mol. The normalized spacial score (nSPS) is 12.5. The van der Waals surface area contributed by atoms with Crippen LogP contribution in [0.15, 0.2) is 63.1 Å². The standard InChI is InChI=1S/C15H8N4O4S/c20-19(21)10-6-7-12(15-14(10)17-23-18-15)24(22)11-5-1-3-9-4-2-8-16-13(9)11/h1-8H. The first kappa shape index (κ1) is 14.5. The van der Waals surface area contributed by atoms with Gasteiger partial charge in [0, 0.05) is 34.9 Å². The van der Waals surface area contributed by atoms with Crippen LogP contribution in [-0.2, 0) is 11.2 Å². The lowest BCUT2D eigenvalue weighted by Crippen LogP contribution is -2.05. The molecule has 0 N–H and O–H groups in total. The summed E-state index contributed by atoms with van der Waals surface area (Å²) in [6.45, 7) is 0. The molecule has 0 bridgehead atoms. The minimum atomic E-state index is -1.64. The number of hydrogen-bond acceptors (Lipinski definition) is 7. The van der Waals surface area contributed by atoms with Crippen LogP contribution in [0.3, 0.4) is 0 Å². The maximum Gasteiger partial charge on any atom is 0.301 e. The molecule has 0 saturated carbocycles. The third kappa shape index (κ3) is 2.18. The Bertz CT molecular complexity index is 1080. The smallest absolute Gasteiger partial charge is 0.301 e. The Kier molecular flexibility index (Phi) is 3.36. The summed E-state index contributed by atoms with van der Waals surface area (Å²) in [5.41, 5.74) is 0.429. The number of hydrogen-bond donors (Lipinski definition) is 0. The number of aromatic nitrogens is 3. The third-order valence-electron chi connectivity index (χ3n) is 3.55. The van der Waals surface area contributed by atoms with Crippen LogP contribution in [0.1, 0.15) is 0 Å². The molecule has 2 aromatic heterocycles. The Balaban J connectivity index is 1.93. The number of fused-ring (bicyclic) bond motifs is 2. The lowest BCUT2D eigenvalue weighted by molar-refractivity contribution is -0.383. The number of rotatable bonds is 3. The number of non-ortho nitro benzene ring substituents is 1. The van der Waals surface area contributed by atoms with Crippen molar-refractivity contribution < 1.29 is 14.1 Å². The average Bonchev–Trinajstić information content (AvgIpc) is 3.09. The fraction of sp³-hybridized carbons (Fsp3) is 0. The lowest BCUT2D eigenvalue weighted by atomic mass is 10.2. The molecule has 0 aliphatic heterocycles. The number of para-hydroxylation sites is 1. The van der Waals surface area contributed by atoms with E-state index in [2.05, 4.69) is 19.9 Å². The highest BCUT2D eigenvalue weighted by Crippen LogP contribution is 2.33. The van der Waals surface area contributed by atoms with Crippen LogP contribution in [-0.4, -0.2) is 24.8 Å². The number of nitro groups is 1. The summed E-state index contributed by atoms with van der Waals surface area (Å²) < 4.78 is 17.7. The molecule has 0 fully saturated rings. The van der Waals surface area contributed by atoms with Gasteiger partial charge < -0.3 is 4.55 Å². The van der Waals surface area contributed by atoms with Crippen molar-refractivity contribution in [1.29, 1.82) is 0 Å². The third-order valence-corrected chi connectivity index (χ3v) is 5.01. The minimum absolute atomic E-state index is 0.0287. The highest BCUT2D eigenvalue weighted by Gasteiger charge is 2.28. The Hall–Kier alpha value is -3.04. The second-order valence-electron chi connectivity index (χ2n) is 4.90. The molecule has 4 rings (SSSR count). The molecular formula is C15H8N4O4S. The Labute approximate surface area is 137 Å². The van der Waals surface area contributed by atoms with Crippen molar-refractivity contribution in [2.24, 2.45) is 0 Å². The van der Waals surface area contributed by atoms with Crippen LogP contribution < -0.4 is 0 Å². The summed E-state index contributed by atoms with van der Waals surface area (Å²) in [6.07, 6.45) is 1.62. The molecule has 0 saturated heterocycles. The quantitative estimate of drug-likeness (QED) is 0.319. The molecule has 4 aromatic rings. The molecule has 0 amide bonds. The molecule has 0 spiro atoms. The highest BCUT2D eigenvalue weighted by atomic mass is 32.2. The zero-order chi connectivity index (χ0) is 16.7. The van der Waals surface area contributed by atoms with Crippen molar-refractivity contribution >= 4 is 38.8 Å². The van der Waals surface area contributed by atoms with E-state index in [9.17, 15) is 14.7 Å². The van der Waals surface area contributed by atoms with Gasteiger partial charge in [-0.25, -0.2) is 4.63 Å². The van der Waals surface area contributed by atoms with Gasteiger partial charge in [0.05, 0.1) is 4.92 Å². The van der Waals surface area contributed by atoms with Gasteiger partial charge in [-0.3, -0.25) is 15.1 Å². The average molecular weight is 340 g/mol. The zero-order valence-corrected chi connectivity index (χ0v) is 12.8. The second kappa shape index (κ2) is 5.55. The molecule has 2 heterocycles. The van der Waals surface area contributed by atoms with E-state index in [1.54, 1.807) is 24.4 Å². The summed E-state index contributed by atoms with van der Waals surface area (Å²) in [6, 6.07) is 11.7. The monoisotopic (exact) mass is 340 g/mol. The molecule has 1 unspecified atom stereocenters. The number of benzene rings is 2. The van der Waals surface area contributed by atoms with Gasteiger partial charge in [0.2, 0.25) is 5.52 Å². The topological polar surface area (TPSA) is 118 Å². The maximum atomic E-state index is 13.0. The van der Waals surface area contributed by atoms with Crippen LogP contribution in [0.25, 0.3) is 21.9 Å². The number of nitrogens with zero attached hydrogens (tertiary/aromatic N) is 4. The summed E-state index contributed by atoms with van der Waals surface area (Å²) >= 11 is -1.64. The van der Waals surface area contributed by atoms with Gasteiger partial charge in [-0.15, -0.1) is 0 Å². The Morgan fingerprint density at radius 1 is 0.958 bits per heavy atom. The van der Waals surface area contributed by atoms with E-state index in [0.717, 1.165) is 5.39 Å². The van der Waals surface area contributed by atoms with Crippen molar-refractivity contribution in [3.63, 3.8) is 0 Å². The first-order chi connectivity index (χ1) is 11.7. The van der Waals surface area contributed by atoms with Crippen molar-refractivity contribution in [3.05, 3.63) is 58.8 Å². The Morgan fingerprint density at radius 3 is 2.54 bits per heavy atom. The van der Waals surface area contributed by atoms with Crippen LogP contribution in [0.2, 0.25) is 0 Å². The van der Waals surface area contributed by atoms with Crippen molar-refractivity contribution in [2.45, 2.75) is 9.79 Å². The van der Waals surface area contributed by atoms with Crippen molar-refractivity contribution in [3.8, 4) is 0 Å². The molecule has 2 aromatic carbocycles. The molecule has 9 heteroatoms. The lowest BCUT2D eigenvalue weighted by Gasteiger charge is -2.11. The van der Waals surface area contributed by atoms with Gasteiger partial charge >= 0.3 is 5.69 Å². The largest absolute Gasteiger partial charge is 0.606 e. The van der Waals surface area contributed by atoms with E-state index in [0.29, 0.717) is 10.4 Å². The fourth-order valence-corrected chi connectivity index (χ4v) is 3.76. The molecular weight excluding hydrogens is 332 g/mol. The van der Waals surface area contributed by atoms with Crippen LogP contribution in [0, 0.1) is 10.1 Å². The van der Waals surface area contributed by atoms with Crippen LogP contribution >= 0.6 is 0 Å². The van der Waals surface area contributed by atoms with E-state index >= 15 is 0 Å². The molecule has 24 heavy (non-hydrogen) atoms. The minimum Gasteiger partial charge on any atom is -0.606 e. The van der Waals surface area contributed by atoms with E-state index in [1.807, 2.05) is 12.1 Å². The van der Waals surface area contributed by atoms with Gasteiger partial charge in [-0.1, -0.05) is 18.2 Å². The van der Waals surface area contributed by atoms with Gasteiger partial charge in [0.15, 0.2) is 15.3 Å². The Morgan fingerprint density at radius 2 is 1.71 bits per heavy atom. The highest BCUT2D eigenvalue weighted by molar-refractivity contribution is 7.92. The second-order valence-corrected chi connectivity index (χ2v) is 6.32.